The number of rotatable bonds is 7. The molecule has 0 bridgehead atoms. The van der Waals surface area contributed by atoms with E-state index in [1.165, 1.54) is 44.6 Å². The highest BCUT2D eigenvalue weighted by molar-refractivity contribution is 7.92. The number of hydrogen-bond acceptors (Lipinski definition) is 4. The minimum Gasteiger partial charge on any atom is -0.493 e. The van der Waals surface area contributed by atoms with Crippen molar-refractivity contribution in [1.82, 2.24) is 0 Å². The predicted molar refractivity (Wildman–Crippen MR) is 106 cm³/mol. The van der Waals surface area contributed by atoms with E-state index in [1.807, 2.05) is 0 Å². The van der Waals surface area contributed by atoms with Gasteiger partial charge in [-0.15, -0.1) is 0 Å². The number of methoxy groups -OCH3 is 2. The molecule has 0 amide bonds. The molecule has 5 nitrogen and oxygen atoms in total. The normalized spacial score (nSPS) is 11.2. The summed E-state index contributed by atoms with van der Waals surface area (Å²) in [6.45, 7) is -0.122. The molecule has 0 saturated heterocycles. The van der Waals surface area contributed by atoms with Crippen LogP contribution in [0.1, 0.15) is 5.56 Å². The molecule has 0 N–H and O–H groups in total. The SMILES string of the molecule is COc1ccc(CN(c2cccc(F)c2)S(=O)(=O)c2cccc(F)c2)cc1OC. The topological polar surface area (TPSA) is 55.8 Å². The van der Waals surface area contributed by atoms with E-state index in [0.29, 0.717) is 17.1 Å². The van der Waals surface area contributed by atoms with Crippen molar-refractivity contribution in [2.45, 2.75) is 11.4 Å². The van der Waals surface area contributed by atoms with Gasteiger partial charge in [-0.1, -0.05) is 18.2 Å². The quantitative estimate of drug-likeness (QED) is 0.570. The lowest BCUT2D eigenvalue weighted by molar-refractivity contribution is 0.354. The van der Waals surface area contributed by atoms with Crippen molar-refractivity contribution in [2.75, 3.05) is 18.5 Å². The minimum atomic E-state index is -4.17. The standard InChI is InChI=1S/C21H19F2NO4S/c1-27-20-10-9-15(11-21(20)28-2)14-24(18-7-3-5-16(22)12-18)29(25,26)19-8-4-6-17(23)13-19/h3-13H,14H2,1-2H3. The Bertz CT molecular complexity index is 1120. The molecule has 29 heavy (non-hydrogen) atoms. The molecular weight excluding hydrogens is 400 g/mol. The Kier molecular flexibility index (Phi) is 6.03. The third-order valence-electron chi connectivity index (χ3n) is 4.25. The first-order chi connectivity index (χ1) is 13.8. The zero-order chi connectivity index (χ0) is 21.0. The van der Waals surface area contributed by atoms with Crippen LogP contribution in [0.15, 0.2) is 71.6 Å². The summed E-state index contributed by atoms with van der Waals surface area (Å²) in [6.07, 6.45) is 0. The van der Waals surface area contributed by atoms with E-state index >= 15 is 0 Å². The number of halogens is 2. The van der Waals surface area contributed by atoms with Crippen LogP contribution in [0, 0.1) is 11.6 Å². The van der Waals surface area contributed by atoms with Crippen molar-refractivity contribution in [2.24, 2.45) is 0 Å². The van der Waals surface area contributed by atoms with Gasteiger partial charge >= 0.3 is 0 Å². The Balaban J connectivity index is 2.09. The van der Waals surface area contributed by atoms with Crippen molar-refractivity contribution < 1.29 is 26.7 Å². The van der Waals surface area contributed by atoms with Crippen LogP contribution < -0.4 is 13.8 Å². The van der Waals surface area contributed by atoms with Gasteiger partial charge in [0.1, 0.15) is 11.6 Å². The number of sulfonamides is 1. The maximum Gasteiger partial charge on any atom is 0.264 e. The molecular formula is C21H19F2NO4S. The van der Waals surface area contributed by atoms with E-state index in [4.69, 9.17) is 9.47 Å². The number of ether oxygens (including phenoxy) is 2. The molecule has 8 heteroatoms. The Hall–Kier alpha value is -3.13. The van der Waals surface area contributed by atoms with Crippen molar-refractivity contribution in [3.05, 3.63) is 83.9 Å². The van der Waals surface area contributed by atoms with E-state index in [-0.39, 0.29) is 17.1 Å². The number of anilines is 1. The predicted octanol–water partition coefficient (Wildman–Crippen LogP) is 4.38. The van der Waals surface area contributed by atoms with Gasteiger partial charge in [0.2, 0.25) is 0 Å². The molecule has 0 aliphatic rings. The third-order valence-corrected chi connectivity index (χ3v) is 6.02. The molecule has 0 aliphatic carbocycles. The highest BCUT2D eigenvalue weighted by Gasteiger charge is 2.26. The minimum absolute atomic E-state index is 0.115. The van der Waals surface area contributed by atoms with Gasteiger partial charge in [0, 0.05) is 0 Å². The molecule has 0 saturated carbocycles. The van der Waals surface area contributed by atoms with Gasteiger partial charge < -0.3 is 9.47 Å². The van der Waals surface area contributed by atoms with Crippen LogP contribution in [0.25, 0.3) is 0 Å². The number of hydrogen-bond donors (Lipinski definition) is 0. The van der Waals surface area contributed by atoms with E-state index in [1.54, 1.807) is 18.2 Å². The Labute approximate surface area is 168 Å². The molecule has 0 radical (unpaired) electrons. The van der Waals surface area contributed by atoms with E-state index in [0.717, 1.165) is 22.5 Å². The van der Waals surface area contributed by atoms with Crippen LogP contribution in [0.3, 0.4) is 0 Å². The average molecular weight is 419 g/mol. The molecule has 0 spiro atoms. The first kappa shape index (κ1) is 20.6. The van der Waals surface area contributed by atoms with Gasteiger partial charge in [0.25, 0.3) is 10.0 Å². The lowest BCUT2D eigenvalue weighted by atomic mass is 10.2. The number of benzene rings is 3. The van der Waals surface area contributed by atoms with Gasteiger partial charge in [0.15, 0.2) is 11.5 Å². The summed E-state index contributed by atoms with van der Waals surface area (Å²) in [4.78, 5) is -0.234. The van der Waals surface area contributed by atoms with Crippen LogP contribution in [0.4, 0.5) is 14.5 Å². The first-order valence-corrected chi connectivity index (χ1v) is 10.0. The van der Waals surface area contributed by atoms with Crippen molar-refractivity contribution in [1.29, 1.82) is 0 Å². The van der Waals surface area contributed by atoms with Crippen LogP contribution in [0.2, 0.25) is 0 Å². The van der Waals surface area contributed by atoms with Crippen molar-refractivity contribution in [3.63, 3.8) is 0 Å². The van der Waals surface area contributed by atoms with Crippen LogP contribution >= 0.6 is 0 Å². The van der Waals surface area contributed by atoms with E-state index < -0.39 is 21.7 Å². The lowest BCUT2D eigenvalue weighted by Crippen LogP contribution is -2.30. The molecule has 0 aromatic heterocycles. The summed E-state index contributed by atoms with van der Waals surface area (Å²) in [6, 6.07) is 14.8. The van der Waals surface area contributed by atoms with Gasteiger partial charge in [-0.2, -0.15) is 0 Å². The smallest absolute Gasteiger partial charge is 0.264 e. The Morgan fingerprint density at radius 3 is 2.10 bits per heavy atom. The largest absolute Gasteiger partial charge is 0.493 e. The zero-order valence-corrected chi connectivity index (χ0v) is 16.6. The average Bonchev–Trinajstić information content (AvgIpc) is 2.71. The fraction of sp³-hybridized carbons (Fsp3) is 0.143. The molecule has 0 fully saturated rings. The first-order valence-electron chi connectivity index (χ1n) is 8.60. The van der Waals surface area contributed by atoms with Gasteiger partial charge in [0.05, 0.1) is 31.3 Å². The summed E-state index contributed by atoms with van der Waals surface area (Å²) in [5.74, 6) is -0.362. The second kappa shape index (κ2) is 8.48. The molecule has 3 aromatic carbocycles. The fourth-order valence-electron chi connectivity index (χ4n) is 2.85. The monoisotopic (exact) mass is 419 g/mol. The maximum absolute atomic E-state index is 13.8. The van der Waals surface area contributed by atoms with Gasteiger partial charge in [-0.3, -0.25) is 4.31 Å². The molecule has 152 valence electrons. The summed E-state index contributed by atoms with van der Waals surface area (Å²) >= 11 is 0. The van der Waals surface area contributed by atoms with Crippen LogP contribution in [-0.2, 0) is 16.6 Å². The Morgan fingerprint density at radius 2 is 1.48 bits per heavy atom. The third kappa shape index (κ3) is 4.48. The molecule has 0 heterocycles. The number of nitrogens with zero attached hydrogens (tertiary/aromatic N) is 1. The molecule has 0 aliphatic heterocycles. The molecule has 0 unspecified atom stereocenters. The highest BCUT2D eigenvalue weighted by Crippen LogP contribution is 2.31. The van der Waals surface area contributed by atoms with E-state index in [2.05, 4.69) is 0 Å². The summed E-state index contributed by atoms with van der Waals surface area (Å²) in [5, 5.41) is 0. The second-order valence-corrected chi connectivity index (χ2v) is 8.00. The van der Waals surface area contributed by atoms with Crippen LogP contribution in [0.5, 0.6) is 11.5 Å². The lowest BCUT2D eigenvalue weighted by Gasteiger charge is -2.25. The Morgan fingerprint density at radius 1 is 0.828 bits per heavy atom. The van der Waals surface area contributed by atoms with Gasteiger partial charge in [-0.25, -0.2) is 17.2 Å². The maximum atomic E-state index is 13.8. The second-order valence-electron chi connectivity index (χ2n) is 6.14. The summed E-state index contributed by atoms with van der Waals surface area (Å²) in [5.41, 5.74) is 0.691. The van der Waals surface area contributed by atoms with E-state index in [9.17, 15) is 17.2 Å². The molecule has 3 aromatic rings. The molecule has 0 atom stereocenters. The summed E-state index contributed by atoms with van der Waals surface area (Å²) < 4.78 is 65.5. The fourth-order valence-corrected chi connectivity index (χ4v) is 4.32. The van der Waals surface area contributed by atoms with Crippen molar-refractivity contribution >= 4 is 15.7 Å². The van der Waals surface area contributed by atoms with Crippen molar-refractivity contribution in [3.8, 4) is 11.5 Å². The highest BCUT2D eigenvalue weighted by atomic mass is 32.2. The van der Waals surface area contributed by atoms with Gasteiger partial charge in [-0.05, 0) is 54.1 Å². The zero-order valence-electron chi connectivity index (χ0n) is 15.8. The van der Waals surface area contributed by atoms with Crippen LogP contribution in [-0.4, -0.2) is 22.6 Å². The summed E-state index contributed by atoms with van der Waals surface area (Å²) in [7, 11) is -1.21. The molecule has 3 rings (SSSR count).